The normalized spacial score (nSPS) is 32.7. The molecule has 2 rings (SSSR count). The Hall–Kier alpha value is -1.46. The minimum absolute atomic E-state index is 0.174. The molecule has 0 aromatic rings. The third-order valence-electron chi connectivity index (χ3n) is 2.76. The van der Waals surface area contributed by atoms with Gasteiger partial charge in [0.15, 0.2) is 0 Å². The van der Waals surface area contributed by atoms with Crippen molar-refractivity contribution in [3.05, 3.63) is 11.3 Å². The first kappa shape index (κ1) is 9.11. The van der Waals surface area contributed by atoms with E-state index in [9.17, 15) is 13.6 Å². The number of nitrogens with two attached hydrogens (primary N) is 1. The molecule has 1 saturated carbocycles. The Balaban J connectivity index is 2.41. The Morgan fingerprint density at radius 1 is 1.64 bits per heavy atom. The summed E-state index contributed by atoms with van der Waals surface area (Å²) in [5, 5.41) is 15.6. The number of alkyl halides is 2. The number of rotatable bonds is 2. The summed E-state index contributed by atoms with van der Waals surface area (Å²) in [6.45, 7) is 0. The van der Waals surface area contributed by atoms with E-state index in [0.717, 1.165) is 0 Å². The van der Waals surface area contributed by atoms with Crippen LogP contribution in [0, 0.1) is 17.2 Å². The van der Waals surface area contributed by atoms with Crippen LogP contribution < -0.4 is 5.73 Å². The summed E-state index contributed by atoms with van der Waals surface area (Å²) >= 11 is 0. The Morgan fingerprint density at radius 3 is 2.57 bits per heavy atom. The van der Waals surface area contributed by atoms with Crippen molar-refractivity contribution in [2.75, 3.05) is 0 Å². The van der Waals surface area contributed by atoms with Gasteiger partial charge in [0.2, 0.25) is 0 Å². The molecule has 2 unspecified atom stereocenters. The summed E-state index contributed by atoms with van der Waals surface area (Å²) in [4.78, 5) is 10.4. The van der Waals surface area contributed by atoms with Gasteiger partial charge in [-0.1, -0.05) is 0 Å². The van der Waals surface area contributed by atoms with E-state index in [4.69, 9.17) is 16.2 Å². The van der Waals surface area contributed by atoms with Crippen molar-refractivity contribution in [3.63, 3.8) is 0 Å². The molecule has 1 fully saturated rings. The number of allylic oxidation sites excluding steroid dienone is 1. The lowest BCUT2D eigenvalue weighted by Crippen LogP contribution is -2.27. The topological polar surface area (TPSA) is 87.2 Å². The first-order valence-electron chi connectivity index (χ1n) is 4.07. The number of carboxylic acid groups (broad SMARTS) is 1. The summed E-state index contributed by atoms with van der Waals surface area (Å²) in [6.07, 6.45) is 0.235. The van der Waals surface area contributed by atoms with Gasteiger partial charge in [-0.15, -0.1) is 0 Å². The molecule has 2 atom stereocenters. The van der Waals surface area contributed by atoms with Gasteiger partial charge in [0.25, 0.3) is 5.92 Å². The van der Waals surface area contributed by atoms with Crippen LogP contribution in [0.2, 0.25) is 0 Å². The van der Waals surface area contributed by atoms with Crippen molar-refractivity contribution in [2.45, 2.75) is 12.3 Å². The zero-order chi connectivity index (χ0) is 10.7. The number of hydrogen-bond donors (Lipinski definition) is 3. The summed E-state index contributed by atoms with van der Waals surface area (Å²) < 4.78 is 26.3. The smallest absolute Gasteiger partial charge is 0.354 e. The first-order chi connectivity index (χ1) is 6.37. The second-order valence-corrected chi connectivity index (χ2v) is 3.58. The highest BCUT2D eigenvalue weighted by Gasteiger charge is 2.65. The molecule has 0 heterocycles. The van der Waals surface area contributed by atoms with Gasteiger partial charge in [-0.3, -0.25) is 5.41 Å². The lowest BCUT2D eigenvalue weighted by molar-refractivity contribution is -0.129. The molecular formula is C8H8F2N2O2. The minimum Gasteiger partial charge on any atom is -0.477 e. The maximum atomic E-state index is 13.2. The maximum absolute atomic E-state index is 13.2. The molecular weight excluding hydrogens is 194 g/mol. The quantitative estimate of drug-likeness (QED) is 0.572. The molecule has 0 radical (unpaired) electrons. The van der Waals surface area contributed by atoms with Crippen LogP contribution >= 0.6 is 0 Å². The molecule has 0 aromatic carbocycles. The number of carbonyl (C=O) groups is 1. The van der Waals surface area contributed by atoms with Crippen LogP contribution in [0.1, 0.15) is 6.42 Å². The van der Waals surface area contributed by atoms with Crippen LogP contribution in [0.5, 0.6) is 0 Å². The molecule has 14 heavy (non-hydrogen) atoms. The summed E-state index contributed by atoms with van der Waals surface area (Å²) in [7, 11) is 0. The highest BCUT2D eigenvalue weighted by molar-refractivity contribution is 6.41. The molecule has 4 nitrogen and oxygen atoms in total. The number of carboxylic acids is 1. The van der Waals surface area contributed by atoms with E-state index in [1.165, 1.54) is 0 Å². The van der Waals surface area contributed by atoms with E-state index in [-0.39, 0.29) is 12.0 Å². The second kappa shape index (κ2) is 2.31. The predicted molar refractivity (Wildman–Crippen MR) is 43.1 cm³/mol. The summed E-state index contributed by atoms with van der Waals surface area (Å²) in [5.41, 5.74) is 3.44. The molecule has 2 aliphatic rings. The number of halogens is 2. The molecule has 76 valence electrons. The molecule has 0 aromatic heterocycles. The van der Waals surface area contributed by atoms with Crippen molar-refractivity contribution >= 4 is 11.7 Å². The number of aliphatic carboxylic acids is 1. The molecule has 6 heteroatoms. The largest absolute Gasteiger partial charge is 0.477 e. The molecule has 0 amide bonds. The third kappa shape index (κ3) is 0.906. The lowest BCUT2D eigenvalue weighted by Gasteiger charge is -2.13. The van der Waals surface area contributed by atoms with Gasteiger partial charge in [0.05, 0.1) is 5.70 Å². The molecule has 4 N–H and O–H groups in total. The monoisotopic (exact) mass is 202 g/mol. The van der Waals surface area contributed by atoms with Gasteiger partial charge in [-0.2, -0.15) is 8.78 Å². The molecule has 0 saturated heterocycles. The molecule has 0 spiro atoms. The van der Waals surface area contributed by atoms with E-state index in [1.54, 1.807) is 0 Å². The van der Waals surface area contributed by atoms with E-state index < -0.39 is 35.1 Å². The Kier molecular flexibility index (Phi) is 1.51. The van der Waals surface area contributed by atoms with Crippen LogP contribution in [0.25, 0.3) is 0 Å². The Labute approximate surface area is 77.9 Å². The highest BCUT2D eigenvalue weighted by atomic mass is 19.3. The standard InChI is InChI=1S/C8H8F2N2O2/c9-8(10)3-1-2(3)4(6(8)12)5(11)7(13)14/h2-3,11H,1,12H2,(H,13,14). The van der Waals surface area contributed by atoms with Crippen molar-refractivity contribution in [3.8, 4) is 0 Å². The van der Waals surface area contributed by atoms with Crippen LogP contribution in [0.15, 0.2) is 11.3 Å². The highest BCUT2D eigenvalue weighted by Crippen LogP contribution is 2.61. The average molecular weight is 202 g/mol. The van der Waals surface area contributed by atoms with Gasteiger partial charge in [-0.25, -0.2) is 4.79 Å². The molecule has 0 bridgehead atoms. The van der Waals surface area contributed by atoms with E-state index in [1.807, 2.05) is 0 Å². The van der Waals surface area contributed by atoms with Crippen molar-refractivity contribution in [1.29, 1.82) is 5.41 Å². The SMILES string of the molecule is N=C(C(=O)O)C1=C(N)C(F)(F)C2CC12. The van der Waals surface area contributed by atoms with Gasteiger partial charge in [0.1, 0.15) is 5.71 Å². The number of hydrogen-bond acceptors (Lipinski definition) is 3. The Bertz CT molecular complexity index is 376. The van der Waals surface area contributed by atoms with E-state index in [0.29, 0.717) is 0 Å². The van der Waals surface area contributed by atoms with Crippen molar-refractivity contribution in [2.24, 2.45) is 17.6 Å². The van der Waals surface area contributed by atoms with Crippen LogP contribution in [-0.2, 0) is 4.79 Å². The van der Waals surface area contributed by atoms with Crippen LogP contribution in [0.4, 0.5) is 8.78 Å². The van der Waals surface area contributed by atoms with E-state index in [2.05, 4.69) is 0 Å². The van der Waals surface area contributed by atoms with Gasteiger partial charge >= 0.3 is 5.97 Å². The Morgan fingerprint density at radius 2 is 2.21 bits per heavy atom. The average Bonchev–Trinajstić information content (AvgIpc) is 2.80. The molecule has 0 aliphatic heterocycles. The number of fused-ring (bicyclic) bond motifs is 1. The fourth-order valence-corrected chi connectivity index (χ4v) is 1.93. The fourth-order valence-electron chi connectivity index (χ4n) is 1.93. The van der Waals surface area contributed by atoms with Gasteiger partial charge in [0, 0.05) is 11.5 Å². The van der Waals surface area contributed by atoms with E-state index >= 15 is 0 Å². The molecule has 2 aliphatic carbocycles. The maximum Gasteiger partial charge on any atom is 0.354 e. The van der Waals surface area contributed by atoms with Gasteiger partial charge < -0.3 is 10.8 Å². The summed E-state index contributed by atoms with van der Waals surface area (Å²) in [6, 6.07) is 0. The zero-order valence-electron chi connectivity index (χ0n) is 7.05. The fraction of sp³-hybridized carbons (Fsp3) is 0.500. The second-order valence-electron chi connectivity index (χ2n) is 3.58. The zero-order valence-corrected chi connectivity index (χ0v) is 7.05. The lowest BCUT2D eigenvalue weighted by atomic mass is 10.1. The van der Waals surface area contributed by atoms with Crippen molar-refractivity contribution in [1.82, 2.24) is 0 Å². The summed E-state index contributed by atoms with van der Waals surface area (Å²) in [5.74, 6) is -6.03. The predicted octanol–water partition coefficient (Wildman–Crippen LogP) is 0.589. The first-order valence-corrected chi connectivity index (χ1v) is 4.07. The van der Waals surface area contributed by atoms with Gasteiger partial charge in [-0.05, 0) is 12.3 Å². The van der Waals surface area contributed by atoms with Crippen LogP contribution in [0.3, 0.4) is 0 Å². The van der Waals surface area contributed by atoms with Crippen LogP contribution in [-0.4, -0.2) is 22.7 Å². The van der Waals surface area contributed by atoms with Crippen molar-refractivity contribution < 1.29 is 18.7 Å². The third-order valence-corrected chi connectivity index (χ3v) is 2.76. The minimum atomic E-state index is -3.12. The number of nitrogens with one attached hydrogen (secondary N) is 1.